The van der Waals surface area contributed by atoms with E-state index in [1.165, 1.54) is 38.5 Å². The van der Waals surface area contributed by atoms with Crippen molar-refractivity contribution in [1.29, 1.82) is 0 Å². The molecule has 0 spiro atoms. The third kappa shape index (κ3) is 9.22. The van der Waals surface area contributed by atoms with Crippen LogP contribution in [0.25, 0.3) is 0 Å². The Bertz CT molecular complexity index is 378. The second-order valence-corrected chi connectivity index (χ2v) is 5.88. The average Bonchev–Trinajstić information content (AvgIpc) is 2.49. The van der Waals surface area contributed by atoms with Crippen molar-refractivity contribution in [2.24, 2.45) is 5.92 Å². The number of unbranched alkanes of at least 4 members (excludes halogenated alkanes) is 5. The third-order valence-corrected chi connectivity index (χ3v) is 3.96. The smallest absolute Gasteiger partial charge is 0.303 e. The van der Waals surface area contributed by atoms with E-state index in [1.54, 1.807) is 0 Å². The van der Waals surface area contributed by atoms with Crippen molar-refractivity contribution in [3.8, 4) is 0 Å². The van der Waals surface area contributed by atoms with E-state index in [0.29, 0.717) is 5.92 Å². The highest BCUT2D eigenvalue weighted by Gasteiger charge is 2.12. The molecule has 1 rings (SSSR count). The molecule has 0 radical (unpaired) electrons. The minimum atomic E-state index is -0.691. The monoisotopic (exact) mass is 291 g/mol. The van der Waals surface area contributed by atoms with Crippen molar-refractivity contribution in [1.82, 2.24) is 4.98 Å². The fourth-order valence-electron chi connectivity index (χ4n) is 2.70. The average molecular weight is 291 g/mol. The molecule has 0 fully saturated rings. The summed E-state index contributed by atoms with van der Waals surface area (Å²) in [6, 6.07) is 5.96. The van der Waals surface area contributed by atoms with Crippen LogP contribution in [-0.4, -0.2) is 16.1 Å². The number of aliphatic carboxylic acids is 1. The van der Waals surface area contributed by atoms with Gasteiger partial charge in [-0.05, 0) is 30.9 Å². The molecule has 118 valence electrons. The molecule has 1 unspecified atom stereocenters. The number of carboxylic acids is 1. The van der Waals surface area contributed by atoms with E-state index < -0.39 is 5.97 Å². The number of nitrogens with zero attached hydrogens (tertiary/aromatic N) is 1. The number of pyridine rings is 1. The predicted octanol–water partition coefficient (Wildman–Crippen LogP) is 4.86. The standard InChI is InChI=1S/C18H29NO2/c1-2-3-4-5-6-7-10-16(12-13-18(20)21)15-17-11-8-9-14-19-17/h8-9,11,14,16H,2-7,10,12-13,15H2,1H3,(H,20,21). The summed E-state index contributed by atoms with van der Waals surface area (Å²) >= 11 is 0. The highest BCUT2D eigenvalue weighted by Crippen LogP contribution is 2.20. The predicted molar refractivity (Wildman–Crippen MR) is 86.3 cm³/mol. The first-order valence-corrected chi connectivity index (χ1v) is 8.34. The molecular formula is C18H29NO2. The van der Waals surface area contributed by atoms with Gasteiger partial charge in [-0.2, -0.15) is 0 Å². The molecule has 1 N–H and O–H groups in total. The van der Waals surface area contributed by atoms with Crippen molar-refractivity contribution < 1.29 is 9.90 Å². The Kier molecular flexibility index (Phi) is 9.51. The van der Waals surface area contributed by atoms with Gasteiger partial charge >= 0.3 is 5.97 Å². The van der Waals surface area contributed by atoms with E-state index in [9.17, 15) is 4.79 Å². The van der Waals surface area contributed by atoms with Gasteiger partial charge in [0.1, 0.15) is 0 Å². The lowest BCUT2D eigenvalue weighted by atomic mass is 9.91. The molecule has 0 aromatic carbocycles. The summed E-state index contributed by atoms with van der Waals surface area (Å²) in [6.45, 7) is 2.23. The molecule has 0 aliphatic carbocycles. The first kappa shape index (κ1) is 17.7. The second kappa shape index (κ2) is 11.3. The molecular weight excluding hydrogens is 262 g/mol. The Morgan fingerprint density at radius 2 is 1.90 bits per heavy atom. The SMILES string of the molecule is CCCCCCCCC(CCC(=O)O)Cc1ccccn1. The van der Waals surface area contributed by atoms with Crippen LogP contribution in [0.3, 0.4) is 0 Å². The maximum Gasteiger partial charge on any atom is 0.303 e. The van der Waals surface area contributed by atoms with Crippen molar-refractivity contribution >= 4 is 5.97 Å². The number of aromatic nitrogens is 1. The summed E-state index contributed by atoms with van der Waals surface area (Å²) in [6.07, 6.45) is 12.6. The van der Waals surface area contributed by atoms with Crippen molar-refractivity contribution in [3.05, 3.63) is 30.1 Å². The molecule has 0 aliphatic heterocycles. The largest absolute Gasteiger partial charge is 0.481 e. The van der Waals surface area contributed by atoms with Crippen LogP contribution in [0.5, 0.6) is 0 Å². The quantitative estimate of drug-likeness (QED) is 0.560. The van der Waals surface area contributed by atoms with Gasteiger partial charge in [0.2, 0.25) is 0 Å². The van der Waals surface area contributed by atoms with Crippen LogP contribution in [-0.2, 0) is 11.2 Å². The minimum Gasteiger partial charge on any atom is -0.481 e. The van der Waals surface area contributed by atoms with Crippen LogP contribution in [0.15, 0.2) is 24.4 Å². The minimum absolute atomic E-state index is 0.271. The Morgan fingerprint density at radius 3 is 2.57 bits per heavy atom. The van der Waals surface area contributed by atoms with Crippen LogP contribution < -0.4 is 0 Å². The van der Waals surface area contributed by atoms with E-state index >= 15 is 0 Å². The van der Waals surface area contributed by atoms with E-state index in [4.69, 9.17) is 5.11 Å². The lowest BCUT2D eigenvalue weighted by Gasteiger charge is -2.15. The Labute approximate surface area is 128 Å². The summed E-state index contributed by atoms with van der Waals surface area (Å²) in [5, 5.41) is 8.88. The number of carboxylic acid groups (broad SMARTS) is 1. The first-order chi connectivity index (χ1) is 10.2. The number of hydrogen-bond donors (Lipinski definition) is 1. The molecule has 3 heteroatoms. The van der Waals surface area contributed by atoms with Gasteiger partial charge in [-0.25, -0.2) is 0 Å². The molecule has 1 atom stereocenters. The molecule has 21 heavy (non-hydrogen) atoms. The van der Waals surface area contributed by atoms with Crippen molar-refractivity contribution in [2.45, 2.75) is 71.1 Å². The number of carbonyl (C=O) groups is 1. The topological polar surface area (TPSA) is 50.2 Å². The van der Waals surface area contributed by atoms with Crippen molar-refractivity contribution in [3.63, 3.8) is 0 Å². The highest BCUT2D eigenvalue weighted by atomic mass is 16.4. The van der Waals surface area contributed by atoms with Gasteiger partial charge in [-0.1, -0.05) is 57.9 Å². The summed E-state index contributed by atoms with van der Waals surface area (Å²) in [5.41, 5.74) is 1.08. The van der Waals surface area contributed by atoms with Gasteiger partial charge < -0.3 is 5.11 Å². The molecule has 0 saturated carbocycles. The fraction of sp³-hybridized carbons (Fsp3) is 0.667. The molecule has 0 saturated heterocycles. The summed E-state index contributed by atoms with van der Waals surface area (Å²) in [4.78, 5) is 15.2. The molecule has 1 aromatic rings. The van der Waals surface area contributed by atoms with Gasteiger partial charge in [0.25, 0.3) is 0 Å². The Hall–Kier alpha value is -1.38. The lowest BCUT2D eigenvalue weighted by Crippen LogP contribution is -2.09. The van der Waals surface area contributed by atoms with Crippen LogP contribution in [0, 0.1) is 5.92 Å². The zero-order chi connectivity index (χ0) is 15.3. The van der Waals surface area contributed by atoms with Gasteiger partial charge in [0, 0.05) is 18.3 Å². The third-order valence-electron chi connectivity index (χ3n) is 3.96. The van der Waals surface area contributed by atoms with Crippen LogP contribution in [0.2, 0.25) is 0 Å². The van der Waals surface area contributed by atoms with Crippen LogP contribution in [0.4, 0.5) is 0 Å². The first-order valence-electron chi connectivity index (χ1n) is 8.34. The van der Waals surface area contributed by atoms with Crippen LogP contribution in [0.1, 0.15) is 70.4 Å². The summed E-state index contributed by atoms with van der Waals surface area (Å²) in [5.74, 6) is -0.244. The van der Waals surface area contributed by atoms with Gasteiger partial charge in [0.15, 0.2) is 0 Å². The van der Waals surface area contributed by atoms with E-state index in [2.05, 4.69) is 11.9 Å². The number of hydrogen-bond acceptors (Lipinski definition) is 2. The molecule has 0 amide bonds. The maximum atomic E-state index is 10.8. The second-order valence-electron chi connectivity index (χ2n) is 5.88. The van der Waals surface area contributed by atoms with Gasteiger partial charge in [0.05, 0.1) is 0 Å². The zero-order valence-corrected chi connectivity index (χ0v) is 13.3. The van der Waals surface area contributed by atoms with Crippen LogP contribution >= 0.6 is 0 Å². The van der Waals surface area contributed by atoms with E-state index in [1.807, 2.05) is 24.4 Å². The zero-order valence-electron chi connectivity index (χ0n) is 13.3. The summed E-state index contributed by atoms with van der Waals surface area (Å²) in [7, 11) is 0. The molecule has 0 aliphatic rings. The Morgan fingerprint density at radius 1 is 1.14 bits per heavy atom. The van der Waals surface area contributed by atoms with Gasteiger partial charge in [-0.3, -0.25) is 9.78 Å². The Balaban J connectivity index is 2.32. The maximum absolute atomic E-state index is 10.8. The highest BCUT2D eigenvalue weighted by molar-refractivity contribution is 5.66. The normalized spacial score (nSPS) is 12.2. The molecule has 3 nitrogen and oxygen atoms in total. The molecule has 1 heterocycles. The fourth-order valence-corrected chi connectivity index (χ4v) is 2.70. The molecule has 0 bridgehead atoms. The van der Waals surface area contributed by atoms with Crippen molar-refractivity contribution in [2.75, 3.05) is 0 Å². The summed E-state index contributed by atoms with van der Waals surface area (Å²) < 4.78 is 0. The van der Waals surface area contributed by atoms with E-state index in [0.717, 1.165) is 25.0 Å². The molecule has 1 aromatic heterocycles. The van der Waals surface area contributed by atoms with Gasteiger partial charge in [-0.15, -0.1) is 0 Å². The number of rotatable bonds is 12. The van der Waals surface area contributed by atoms with E-state index in [-0.39, 0.29) is 6.42 Å². The lowest BCUT2D eigenvalue weighted by molar-refractivity contribution is -0.137.